The van der Waals surface area contributed by atoms with E-state index in [9.17, 15) is 26.3 Å². The number of hydrogen-bond acceptors (Lipinski definition) is 3. The molecule has 0 saturated carbocycles. The Bertz CT molecular complexity index is 431. The van der Waals surface area contributed by atoms with Crippen LogP contribution in [0.4, 0.5) is 17.6 Å². The maximum Gasteiger partial charge on any atom is 1.00 e. The first-order chi connectivity index (χ1) is 8.77. The second-order valence-electron chi connectivity index (χ2n) is 3.72. The Kier molecular flexibility index (Phi) is 8.27. The van der Waals surface area contributed by atoms with E-state index in [0.717, 1.165) is 0 Å². The van der Waals surface area contributed by atoms with Crippen LogP contribution in [0.2, 0.25) is 0 Å². The van der Waals surface area contributed by atoms with Crippen LogP contribution in [0.3, 0.4) is 0 Å². The van der Waals surface area contributed by atoms with Gasteiger partial charge in [-0.1, -0.05) is 18.2 Å². The Morgan fingerprint density at radius 2 is 1.70 bits per heavy atom. The number of halogens is 4. The number of rotatable bonds is 7. The fourth-order valence-electron chi connectivity index (χ4n) is 1.27. The van der Waals surface area contributed by atoms with Gasteiger partial charge >= 0.3 is 40.7 Å². The summed E-state index contributed by atoms with van der Waals surface area (Å²) in [6, 6.07) is 8.22. The first kappa shape index (κ1) is 19.9. The van der Waals surface area contributed by atoms with Gasteiger partial charge in [-0.05, 0) is 18.6 Å². The molecule has 0 aliphatic carbocycles. The third kappa shape index (κ3) is 5.33. The predicted molar refractivity (Wildman–Crippen MR) is 60.0 cm³/mol. The van der Waals surface area contributed by atoms with Crippen LogP contribution in [0.15, 0.2) is 30.3 Å². The molecule has 9 heteroatoms. The maximum absolute atomic E-state index is 13.0. The van der Waals surface area contributed by atoms with Crippen LogP contribution >= 0.6 is 0 Å². The van der Waals surface area contributed by atoms with E-state index in [2.05, 4.69) is 0 Å². The number of hydrogen-bond donors (Lipinski definition) is 0. The van der Waals surface area contributed by atoms with Crippen LogP contribution in [-0.4, -0.2) is 26.5 Å². The fraction of sp³-hybridized carbons (Fsp3) is 0.455. The van der Waals surface area contributed by atoms with Gasteiger partial charge in [-0.2, -0.15) is 17.6 Å². The summed E-state index contributed by atoms with van der Waals surface area (Å²) in [5.74, 6) is -4.19. The Hall–Kier alpha value is -0.150. The van der Waals surface area contributed by atoms with Crippen molar-refractivity contribution in [3.8, 4) is 5.75 Å². The minimum atomic E-state index is -5.07. The Morgan fingerprint density at radius 3 is 2.20 bits per heavy atom. The molecule has 108 valence electrons. The normalized spacial score (nSPS) is 13.4. The van der Waals surface area contributed by atoms with E-state index >= 15 is 0 Å². The molecule has 0 fully saturated rings. The van der Waals surface area contributed by atoms with Crippen LogP contribution < -0.4 is 34.3 Å². The van der Waals surface area contributed by atoms with Crippen LogP contribution in [-0.2, 0) is 11.1 Å². The summed E-state index contributed by atoms with van der Waals surface area (Å²) in [6.07, 6.45) is -1.67. The molecule has 0 aliphatic heterocycles. The number of alkyl halides is 4. The summed E-state index contributed by atoms with van der Waals surface area (Å²) in [7, 11) is 0. The maximum atomic E-state index is 13.0. The molecule has 1 rings (SSSR count). The number of benzene rings is 1. The van der Waals surface area contributed by atoms with Crippen molar-refractivity contribution >= 4 is 11.1 Å². The summed E-state index contributed by atoms with van der Waals surface area (Å²) in [6.45, 7) is -0.207. The quantitative estimate of drug-likeness (QED) is 0.306. The van der Waals surface area contributed by atoms with Crippen LogP contribution in [0.5, 0.6) is 5.75 Å². The summed E-state index contributed by atoms with van der Waals surface area (Å²) < 4.78 is 76.5. The van der Waals surface area contributed by atoms with Gasteiger partial charge in [0.05, 0.1) is 6.61 Å². The molecule has 1 unspecified atom stereocenters. The monoisotopic (exact) mass is 322 g/mol. The van der Waals surface area contributed by atoms with Crippen molar-refractivity contribution < 1.29 is 60.6 Å². The van der Waals surface area contributed by atoms with Gasteiger partial charge in [-0.3, -0.25) is 4.21 Å². The summed E-state index contributed by atoms with van der Waals surface area (Å²) in [4.78, 5) is 0. The molecule has 0 heterocycles. The van der Waals surface area contributed by atoms with Gasteiger partial charge < -0.3 is 9.29 Å². The van der Waals surface area contributed by atoms with E-state index < -0.39 is 35.1 Å². The van der Waals surface area contributed by atoms with E-state index in [4.69, 9.17) is 4.74 Å². The molecular weight excluding hydrogens is 311 g/mol. The molecule has 0 saturated heterocycles. The van der Waals surface area contributed by atoms with Crippen molar-refractivity contribution in [1.82, 2.24) is 0 Å². The van der Waals surface area contributed by atoms with Crippen molar-refractivity contribution in [1.29, 1.82) is 0 Å². The van der Waals surface area contributed by atoms with Crippen molar-refractivity contribution in [3.05, 3.63) is 30.3 Å². The number of ether oxygens (including phenoxy) is 1. The minimum absolute atomic E-state index is 0. The molecule has 1 aromatic rings. The Balaban J connectivity index is 0.00000361. The second-order valence-corrected chi connectivity index (χ2v) is 4.70. The molecule has 20 heavy (non-hydrogen) atoms. The molecule has 3 nitrogen and oxygen atoms in total. The first-order valence-electron chi connectivity index (χ1n) is 5.30. The number of para-hydroxylation sites is 1. The van der Waals surface area contributed by atoms with Gasteiger partial charge in [0, 0.05) is 17.5 Å². The predicted octanol–water partition coefficient (Wildman–Crippen LogP) is -0.0432. The largest absolute Gasteiger partial charge is 1.00 e. The molecule has 0 N–H and O–H groups in total. The second kappa shape index (κ2) is 8.33. The van der Waals surface area contributed by atoms with Crippen molar-refractivity contribution in [2.75, 3.05) is 6.61 Å². The molecule has 1 aromatic carbocycles. The molecule has 0 radical (unpaired) electrons. The van der Waals surface area contributed by atoms with E-state index in [1.807, 2.05) is 0 Å². The minimum Gasteiger partial charge on any atom is -0.768 e. The van der Waals surface area contributed by atoms with Gasteiger partial charge in [-0.15, -0.1) is 0 Å². The third-order valence-corrected chi connectivity index (χ3v) is 3.00. The van der Waals surface area contributed by atoms with Crippen molar-refractivity contribution in [2.24, 2.45) is 0 Å². The molecule has 0 amide bonds. The van der Waals surface area contributed by atoms with Crippen LogP contribution in [0, 0.1) is 0 Å². The van der Waals surface area contributed by atoms with Gasteiger partial charge in [0.25, 0.3) is 0 Å². The van der Waals surface area contributed by atoms with Gasteiger partial charge in [0.2, 0.25) is 0 Å². The van der Waals surface area contributed by atoms with Gasteiger partial charge in [-0.25, -0.2) is 0 Å². The summed E-state index contributed by atoms with van der Waals surface area (Å²) >= 11 is -4.16. The fourth-order valence-corrected chi connectivity index (χ4v) is 1.61. The van der Waals surface area contributed by atoms with E-state index in [1.54, 1.807) is 30.3 Å². The average molecular weight is 322 g/mol. The SMILES string of the molecule is O=S([O-])C(F)(F)C(F)(F)CCCOc1ccccc1.[Na+]. The standard InChI is InChI=1S/C11H12F4O3S.Na/c12-10(13,11(14,15)19(16)17)7-4-8-18-9-5-2-1-3-6-9;/h1-3,5-6H,4,7-8H2,(H,16,17);/q;+1/p-1. The average Bonchev–Trinajstić information content (AvgIpc) is 2.35. The third-order valence-electron chi connectivity index (χ3n) is 2.28. The molecular formula is C11H11F4NaO3S. The zero-order valence-corrected chi connectivity index (χ0v) is 13.5. The Morgan fingerprint density at radius 1 is 1.15 bits per heavy atom. The van der Waals surface area contributed by atoms with E-state index in [1.165, 1.54) is 0 Å². The van der Waals surface area contributed by atoms with Crippen LogP contribution in [0.25, 0.3) is 0 Å². The van der Waals surface area contributed by atoms with Crippen LogP contribution in [0.1, 0.15) is 12.8 Å². The molecule has 0 bridgehead atoms. The molecule has 0 aromatic heterocycles. The van der Waals surface area contributed by atoms with Gasteiger partial charge in [0.15, 0.2) is 0 Å². The Labute approximate surface area is 138 Å². The summed E-state index contributed by atoms with van der Waals surface area (Å²) in [5, 5.41) is -5.07. The zero-order chi connectivity index (χ0) is 14.5. The topological polar surface area (TPSA) is 49.4 Å². The van der Waals surface area contributed by atoms with E-state index in [-0.39, 0.29) is 36.2 Å². The summed E-state index contributed by atoms with van der Waals surface area (Å²) in [5.41, 5.74) is 0. The van der Waals surface area contributed by atoms with E-state index in [0.29, 0.717) is 5.75 Å². The molecule has 0 aliphatic rings. The molecule has 1 atom stereocenters. The van der Waals surface area contributed by atoms with Crippen molar-refractivity contribution in [3.63, 3.8) is 0 Å². The molecule has 0 spiro atoms. The van der Waals surface area contributed by atoms with Gasteiger partial charge in [0.1, 0.15) is 5.75 Å². The van der Waals surface area contributed by atoms with Crippen molar-refractivity contribution in [2.45, 2.75) is 24.0 Å². The smallest absolute Gasteiger partial charge is 0.768 e. The zero-order valence-electron chi connectivity index (χ0n) is 10.7. The first-order valence-corrected chi connectivity index (χ1v) is 6.38.